The number of rotatable bonds is 3. The molecule has 1 aliphatic rings. The average molecular weight is 172 g/mol. The summed E-state index contributed by atoms with van der Waals surface area (Å²) in [6.45, 7) is 2.37. The lowest BCUT2D eigenvalue weighted by Gasteiger charge is -2.31. The maximum absolute atomic E-state index is 10.8. The fourth-order valence-corrected chi connectivity index (χ4v) is 1.15. The van der Waals surface area contributed by atoms with Crippen LogP contribution >= 0.6 is 0 Å². The van der Waals surface area contributed by atoms with Crippen molar-refractivity contribution in [3.05, 3.63) is 0 Å². The molecule has 0 aromatic carbocycles. The van der Waals surface area contributed by atoms with Gasteiger partial charge in [0.2, 0.25) is 5.79 Å². The van der Waals surface area contributed by atoms with Gasteiger partial charge in [0.1, 0.15) is 5.78 Å². The van der Waals surface area contributed by atoms with Crippen molar-refractivity contribution in [3.8, 4) is 0 Å². The fourth-order valence-electron chi connectivity index (χ4n) is 1.15. The Morgan fingerprint density at radius 1 is 1.50 bits per heavy atom. The standard InChI is InChI=1S/C8H12O4/c1-7(10)5-8(6-9)11-3-2-4-12-8/h6H,2-5H2,1H3. The van der Waals surface area contributed by atoms with E-state index in [4.69, 9.17) is 9.47 Å². The van der Waals surface area contributed by atoms with Gasteiger partial charge in [0.15, 0.2) is 6.29 Å². The summed E-state index contributed by atoms with van der Waals surface area (Å²) < 4.78 is 10.2. The normalized spacial score (nSPS) is 21.8. The Morgan fingerprint density at radius 3 is 2.50 bits per heavy atom. The first-order valence-corrected chi connectivity index (χ1v) is 3.92. The highest BCUT2D eigenvalue weighted by molar-refractivity contribution is 5.81. The molecule has 68 valence electrons. The molecular formula is C8H12O4. The molecule has 1 fully saturated rings. The highest BCUT2D eigenvalue weighted by atomic mass is 16.7. The molecule has 4 nitrogen and oxygen atoms in total. The van der Waals surface area contributed by atoms with E-state index in [0.29, 0.717) is 19.5 Å². The van der Waals surface area contributed by atoms with E-state index in [2.05, 4.69) is 0 Å². The lowest BCUT2D eigenvalue weighted by Crippen LogP contribution is -2.43. The molecule has 0 atom stereocenters. The molecule has 0 N–H and O–H groups in total. The van der Waals surface area contributed by atoms with Crippen LogP contribution < -0.4 is 0 Å². The van der Waals surface area contributed by atoms with Gasteiger partial charge in [-0.1, -0.05) is 0 Å². The van der Waals surface area contributed by atoms with Gasteiger partial charge < -0.3 is 9.47 Å². The number of carbonyl (C=O) groups is 2. The van der Waals surface area contributed by atoms with E-state index in [0.717, 1.165) is 6.42 Å². The van der Waals surface area contributed by atoms with Crippen LogP contribution in [0.2, 0.25) is 0 Å². The second-order valence-corrected chi connectivity index (χ2v) is 2.86. The number of ether oxygens (including phenoxy) is 2. The second kappa shape index (κ2) is 3.78. The van der Waals surface area contributed by atoms with Crippen LogP contribution in [0.4, 0.5) is 0 Å². The van der Waals surface area contributed by atoms with Gasteiger partial charge in [-0.15, -0.1) is 0 Å². The maximum Gasteiger partial charge on any atom is 0.232 e. The summed E-state index contributed by atoms with van der Waals surface area (Å²) in [5.41, 5.74) is 0. The van der Waals surface area contributed by atoms with Gasteiger partial charge >= 0.3 is 0 Å². The van der Waals surface area contributed by atoms with E-state index in [-0.39, 0.29) is 12.2 Å². The van der Waals surface area contributed by atoms with Crippen LogP contribution in [-0.4, -0.2) is 31.1 Å². The lowest BCUT2D eigenvalue weighted by atomic mass is 10.1. The van der Waals surface area contributed by atoms with Crippen LogP contribution in [-0.2, 0) is 19.1 Å². The zero-order valence-corrected chi connectivity index (χ0v) is 7.04. The minimum Gasteiger partial charge on any atom is -0.343 e. The largest absolute Gasteiger partial charge is 0.343 e. The first kappa shape index (κ1) is 9.35. The molecule has 1 aliphatic heterocycles. The first-order valence-electron chi connectivity index (χ1n) is 3.92. The molecule has 0 aliphatic carbocycles. The molecule has 1 heterocycles. The van der Waals surface area contributed by atoms with E-state index in [9.17, 15) is 9.59 Å². The van der Waals surface area contributed by atoms with Gasteiger partial charge in [0, 0.05) is 0 Å². The van der Waals surface area contributed by atoms with E-state index < -0.39 is 5.79 Å². The van der Waals surface area contributed by atoms with Gasteiger partial charge in [-0.05, 0) is 13.3 Å². The smallest absolute Gasteiger partial charge is 0.232 e. The maximum atomic E-state index is 10.8. The third-order valence-electron chi connectivity index (χ3n) is 1.66. The number of ketones is 1. The minimum absolute atomic E-state index is 0.0104. The topological polar surface area (TPSA) is 52.6 Å². The predicted octanol–water partition coefficient (Wildman–Crippen LogP) is 0.298. The molecule has 12 heavy (non-hydrogen) atoms. The Labute approximate surface area is 70.8 Å². The number of carbonyl (C=O) groups excluding carboxylic acids is 2. The second-order valence-electron chi connectivity index (χ2n) is 2.86. The Hall–Kier alpha value is -0.740. The molecule has 1 rings (SSSR count). The molecular weight excluding hydrogens is 160 g/mol. The molecule has 0 spiro atoms. The van der Waals surface area contributed by atoms with Crippen LogP contribution in [0, 0.1) is 0 Å². The Balaban J connectivity index is 2.59. The van der Waals surface area contributed by atoms with E-state index in [1.165, 1.54) is 6.92 Å². The van der Waals surface area contributed by atoms with Crippen LogP contribution in [0.1, 0.15) is 19.8 Å². The van der Waals surface area contributed by atoms with Crippen molar-refractivity contribution in [3.63, 3.8) is 0 Å². The lowest BCUT2D eigenvalue weighted by molar-refractivity contribution is -0.244. The van der Waals surface area contributed by atoms with Crippen molar-refractivity contribution in [1.82, 2.24) is 0 Å². The average Bonchev–Trinajstić information content (AvgIpc) is 2.05. The van der Waals surface area contributed by atoms with Crippen molar-refractivity contribution in [1.29, 1.82) is 0 Å². The minimum atomic E-state index is -1.29. The number of aldehydes is 1. The van der Waals surface area contributed by atoms with Crippen molar-refractivity contribution in [2.75, 3.05) is 13.2 Å². The number of Topliss-reactive ketones (excluding diaryl/α,β-unsaturated/α-hetero) is 1. The fraction of sp³-hybridized carbons (Fsp3) is 0.750. The predicted molar refractivity (Wildman–Crippen MR) is 40.6 cm³/mol. The summed E-state index contributed by atoms with van der Waals surface area (Å²) in [5, 5.41) is 0. The third-order valence-corrected chi connectivity index (χ3v) is 1.66. The van der Waals surface area contributed by atoms with Crippen LogP contribution in [0.25, 0.3) is 0 Å². The molecule has 0 radical (unpaired) electrons. The molecule has 0 aromatic rings. The Bertz CT molecular complexity index is 181. The highest BCUT2D eigenvalue weighted by Crippen LogP contribution is 2.20. The van der Waals surface area contributed by atoms with Gasteiger partial charge in [0.25, 0.3) is 0 Å². The third kappa shape index (κ3) is 2.12. The molecule has 0 saturated carbocycles. The van der Waals surface area contributed by atoms with Gasteiger partial charge in [-0.3, -0.25) is 9.59 Å². The highest BCUT2D eigenvalue weighted by Gasteiger charge is 2.35. The van der Waals surface area contributed by atoms with Gasteiger partial charge in [-0.25, -0.2) is 0 Å². The zero-order valence-electron chi connectivity index (χ0n) is 7.04. The molecule has 4 heteroatoms. The van der Waals surface area contributed by atoms with Gasteiger partial charge in [0.05, 0.1) is 19.6 Å². The first-order chi connectivity index (χ1) is 5.68. The van der Waals surface area contributed by atoms with Crippen molar-refractivity contribution in [2.45, 2.75) is 25.6 Å². The summed E-state index contributed by atoms with van der Waals surface area (Å²) in [6.07, 6.45) is 1.34. The van der Waals surface area contributed by atoms with Crippen LogP contribution in [0.15, 0.2) is 0 Å². The molecule has 0 unspecified atom stereocenters. The van der Waals surface area contributed by atoms with Crippen molar-refractivity contribution >= 4 is 12.1 Å². The van der Waals surface area contributed by atoms with Crippen LogP contribution in [0.3, 0.4) is 0 Å². The molecule has 0 aromatic heterocycles. The number of hydrogen-bond acceptors (Lipinski definition) is 4. The Kier molecular flexibility index (Phi) is 2.94. The summed E-state index contributed by atoms with van der Waals surface area (Å²) in [4.78, 5) is 21.4. The van der Waals surface area contributed by atoms with Crippen molar-refractivity contribution < 1.29 is 19.1 Å². The molecule has 0 amide bonds. The number of hydrogen-bond donors (Lipinski definition) is 0. The van der Waals surface area contributed by atoms with Crippen molar-refractivity contribution in [2.24, 2.45) is 0 Å². The molecule has 1 saturated heterocycles. The summed E-state index contributed by atoms with van der Waals surface area (Å²) in [7, 11) is 0. The van der Waals surface area contributed by atoms with E-state index in [1.54, 1.807) is 0 Å². The summed E-state index contributed by atoms with van der Waals surface area (Å²) in [6, 6.07) is 0. The molecule has 0 bridgehead atoms. The van der Waals surface area contributed by atoms with Gasteiger partial charge in [-0.2, -0.15) is 0 Å². The monoisotopic (exact) mass is 172 g/mol. The Morgan fingerprint density at radius 2 is 2.08 bits per heavy atom. The SMILES string of the molecule is CC(=O)CC1(C=O)OCCCO1. The summed E-state index contributed by atoms with van der Waals surface area (Å²) in [5.74, 6) is -1.40. The van der Waals surface area contributed by atoms with E-state index >= 15 is 0 Å². The zero-order chi connectivity index (χ0) is 9.03. The summed E-state index contributed by atoms with van der Waals surface area (Å²) >= 11 is 0. The van der Waals surface area contributed by atoms with Crippen LogP contribution in [0.5, 0.6) is 0 Å². The quantitative estimate of drug-likeness (QED) is 0.574. The van der Waals surface area contributed by atoms with E-state index in [1.807, 2.05) is 0 Å².